The van der Waals surface area contributed by atoms with Gasteiger partial charge in [0, 0.05) is 13.1 Å². The molecular formula is C22H31ClN2O5S. The molecule has 2 aromatic carbocycles. The van der Waals surface area contributed by atoms with Gasteiger partial charge in [0.2, 0.25) is 10.0 Å². The Kier molecular flexibility index (Phi) is 9.45. The number of aliphatic hydroxyl groups is 2. The molecule has 4 atom stereocenters. The van der Waals surface area contributed by atoms with Gasteiger partial charge < -0.3 is 14.9 Å². The highest BCUT2D eigenvalue weighted by Crippen LogP contribution is 2.25. The van der Waals surface area contributed by atoms with E-state index in [0.717, 1.165) is 12.0 Å². The third-order valence-corrected chi connectivity index (χ3v) is 6.99. The lowest BCUT2D eigenvalue weighted by Gasteiger charge is -2.30. The van der Waals surface area contributed by atoms with Gasteiger partial charge >= 0.3 is 0 Å². The normalized spacial score (nSPS) is 23.6. The van der Waals surface area contributed by atoms with Crippen LogP contribution in [0.5, 0.6) is 0 Å². The van der Waals surface area contributed by atoms with Crippen LogP contribution in [0.25, 0.3) is 0 Å². The van der Waals surface area contributed by atoms with E-state index in [1.165, 1.54) is 5.56 Å². The average molecular weight is 471 g/mol. The molecule has 1 heterocycles. The maximum absolute atomic E-state index is 12.6. The molecule has 2 aromatic rings. The van der Waals surface area contributed by atoms with Gasteiger partial charge in [-0.05, 0) is 38.1 Å². The highest BCUT2D eigenvalue weighted by molar-refractivity contribution is 7.89. The lowest BCUT2D eigenvalue weighted by Crippen LogP contribution is -2.50. The summed E-state index contributed by atoms with van der Waals surface area (Å²) >= 11 is 0. The molecule has 0 bridgehead atoms. The maximum Gasteiger partial charge on any atom is 0.240 e. The fourth-order valence-corrected chi connectivity index (χ4v) is 4.83. The van der Waals surface area contributed by atoms with E-state index in [2.05, 4.69) is 4.72 Å². The van der Waals surface area contributed by atoms with E-state index in [1.54, 1.807) is 24.3 Å². The Hall–Kier alpha value is -1.52. The van der Waals surface area contributed by atoms with Gasteiger partial charge in [0.1, 0.15) is 12.2 Å². The zero-order valence-electron chi connectivity index (χ0n) is 17.7. The molecule has 9 heteroatoms. The highest BCUT2D eigenvalue weighted by atomic mass is 35.5. The summed E-state index contributed by atoms with van der Waals surface area (Å²) in [5, 5.41) is 20.2. The van der Waals surface area contributed by atoms with Gasteiger partial charge in [0.15, 0.2) is 0 Å². The summed E-state index contributed by atoms with van der Waals surface area (Å²) in [4.78, 5) is 2.15. The van der Waals surface area contributed by atoms with Gasteiger partial charge in [-0.15, -0.1) is 12.4 Å². The number of hydrogen-bond donors (Lipinski definition) is 3. The lowest BCUT2D eigenvalue weighted by molar-refractivity contribution is -0.0201. The van der Waals surface area contributed by atoms with Gasteiger partial charge in [-0.3, -0.25) is 4.90 Å². The Labute approximate surface area is 190 Å². The fourth-order valence-electron chi connectivity index (χ4n) is 3.78. The van der Waals surface area contributed by atoms with Crippen molar-refractivity contribution in [3.63, 3.8) is 0 Å². The zero-order valence-corrected chi connectivity index (χ0v) is 19.3. The van der Waals surface area contributed by atoms with Crippen LogP contribution in [0.2, 0.25) is 0 Å². The summed E-state index contributed by atoms with van der Waals surface area (Å²) in [6.07, 6.45) is -1.46. The number of nitrogens with one attached hydrogen (secondary N) is 1. The van der Waals surface area contributed by atoms with E-state index in [9.17, 15) is 18.6 Å². The number of ether oxygens (including phenoxy) is 1. The minimum absolute atomic E-state index is 0. The Morgan fingerprint density at radius 1 is 1.06 bits per heavy atom. The van der Waals surface area contributed by atoms with Crippen molar-refractivity contribution in [2.75, 3.05) is 26.7 Å². The second-order valence-corrected chi connectivity index (χ2v) is 9.52. The minimum Gasteiger partial charge on any atom is -0.394 e. The molecular weight excluding hydrogens is 440 g/mol. The number of likely N-dealkylation sites (N-methyl/N-ethyl adjacent to an activating group) is 1. The molecule has 0 aromatic heterocycles. The van der Waals surface area contributed by atoms with E-state index >= 15 is 0 Å². The van der Waals surface area contributed by atoms with Crippen LogP contribution in [0, 0.1) is 6.92 Å². The van der Waals surface area contributed by atoms with Gasteiger partial charge in [-0.1, -0.05) is 48.0 Å². The predicted molar refractivity (Wildman–Crippen MR) is 122 cm³/mol. The number of hydrogen-bond acceptors (Lipinski definition) is 6. The van der Waals surface area contributed by atoms with Gasteiger partial charge in [-0.25, -0.2) is 13.1 Å². The van der Waals surface area contributed by atoms with Gasteiger partial charge in [0.25, 0.3) is 0 Å². The first-order chi connectivity index (χ1) is 14.3. The van der Waals surface area contributed by atoms with Crippen LogP contribution in [-0.4, -0.2) is 74.6 Å². The van der Waals surface area contributed by atoms with Crippen molar-refractivity contribution in [3.8, 4) is 0 Å². The van der Waals surface area contributed by atoms with Crippen molar-refractivity contribution in [2.24, 2.45) is 0 Å². The molecule has 0 radical (unpaired) electrons. The molecule has 1 fully saturated rings. The molecule has 1 aliphatic heterocycles. The van der Waals surface area contributed by atoms with Crippen LogP contribution >= 0.6 is 12.4 Å². The van der Waals surface area contributed by atoms with Crippen molar-refractivity contribution in [2.45, 2.75) is 42.6 Å². The number of benzene rings is 2. The molecule has 3 rings (SSSR count). The van der Waals surface area contributed by atoms with Crippen LogP contribution in [0.1, 0.15) is 11.1 Å². The summed E-state index contributed by atoms with van der Waals surface area (Å²) in [6.45, 7) is 2.23. The summed E-state index contributed by atoms with van der Waals surface area (Å²) in [7, 11) is -1.83. The average Bonchev–Trinajstić information content (AvgIpc) is 3.07. The summed E-state index contributed by atoms with van der Waals surface area (Å²) < 4.78 is 33.6. The first kappa shape index (κ1) is 25.7. The molecule has 1 saturated heterocycles. The number of aliphatic hydroxyl groups excluding tert-OH is 2. The maximum atomic E-state index is 12.6. The minimum atomic E-state index is -3.70. The smallest absolute Gasteiger partial charge is 0.240 e. The molecule has 0 unspecified atom stereocenters. The van der Waals surface area contributed by atoms with Gasteiger partial charge in [0.05, 0.1) is 23.6 Å². The van der Waals surface area contributed by atoms with Crippen LogP contribution in [-0.2, 0) is 21.2 Å². The molecule has 31 heavy (non-hydrogen) atoms. The van der Waals surface area contributed by atoms with Crippen LogP contribution in [0.4, 0.5) is 0 Å². The molecule has 172 valence electrons. The summed E-state index contributed by atoms with van der Waals surface area (Å²) in [5.41, 5.74) is 2.15. The topological polar surface area (TPSA) is 99.1 Å². The molecule has 3 N–H and O–H groups in total. The third kappa shape index (κ3) is 6.49. The summed E-state index contributed by atoms with van der Waals surface area (Å²) in [5.74, 6) is 0. The molecule has 7 nitrogen and oxygen atoms in total. The predicted octanol–water partition coefficient (Wildman–Crippen LogP) is 1.36. The molecule has 0 amide bonds. The van der Waals surface area contributed by atoms with Crippen molar-refractivity contribution < 1.29 is 23.4 Å². The first-order valence-corrected chi connectivity index (χ1v) is 11.5. The van der Waals surface area contributed by atoms with Crippen LogP contribution in [0.3, 0.4) is 0 Å². The first-order valence-electron chi connectivity index (χ1n) is 10.1. The third-order valence-electron chi connectivity index (χ3n) is 5.55. The van der Waals surface area contributed by atoms with E-state index in [1.807, 2.05) is 49.2 Å². The van der Waals surface area contributed by atoms with Crippen LogP contribution < -0.4 is 4.72 Å². The quantitative estimate of drug-likeness (QED) is 0.512. The Bertz CT molecular complexity index is 911. The van der Waals surface area contributed by atoms with Gasteiger partial charge in [-0.2, -0.15) is 0 Å². The number of halogens is 1. The Balaban J connectivity index is 0.00000341. The van der Waals surface area contributed by atoms with Crippen LogP contribution in [0.15, 0.2) is 59.5 Å². The molecule has 0 spiro atoms. The van der Waals surface area contributed by atoms with E-state index < -0.39 is 34.4 Å². The zero-order chi connectivity index (χ0) is 21.7. The molecule has 0 aliphatic carbocycles. The standard InChI is InChI=1S/C22H30N2O5S.ClH/c1-16-8-10-18(11-9-16)30(27,28)23-14-19-21(22(26)20(15-25)29-19)24(2)13-12-17-6-4-3-5-7-17;/h3-11,19-23,25-26H,12-15H2,1-2H3;1H/t19-,20+,21+,22-;/m1./s1. The van der Waals surface area contributed by atoms with E-state index in [-0.39, 0.29) is 30.5 Å². The van der Waals surface area contributed by atoms with E-state index in [0.29, 0.717) is 6.54 Å². The second kappa shape index (κ2) is 11.4. The number of nitrogens with zero attached hydrogens (tertiary/aromatic N) is 1. The highest BCUT2D eigenvalue weighted by Gasteiger charge is 2.45. The largest absolute Gasteiger partial charge is 0.394 e. The number of aryl methyl sites for hydroxylation is 1. The molecule has 1 aliphatic rings. The lowest BCUT2D eigenvalue weighted by atomic mass is 10.0. The molecule has 0 saturated carbocycles. The number of sulfonamides is 1. The Morgan fingerprint density at radius 3 is 2.32 bits per heavy atom. The van der Waals surface area contributed by atoms with Crippen molar-refractivity contribution in [1.29, 1.82) is 0 Å². The number of rotatable bonds is 9. The monoisotopic (exact) mass is 470 g/mol. The SMILES string of the molecule is Cc1ccc(S(=O)(=O)NC[C@H]2O[C@@H](CO)[C@@H](O)[C@H]2N(C)CCc2ccccc2)cc1.Cl. The Morgan fingerprint density at radius 2 is 1.71 bits per heavy atom. The summed E-state index contributed by atoms with van der Waals surface area (Å²) in [6, 6.07) is 16.2. The van der Waals surface area contributed by atoms with Crippen molar-refractivity contribution in [3.05, 3.63) is 65.7 Å². The second-order valence-electron chi connectivity index (χ2n) is 7.76. The van der Waals surface area contributed by atoms with Crippen molar-refractivity contribution in [1.82, 2.24) is 9.62 Å². The van der Waals surface area contributed by atoms with Crippen molar-refractivity contribution >= 4 is 22.4 Å². The fraction of sp³-hybridized carbons (Fsp3) is 0.455. The van der Waals surface area contributed by atoms with E-state index in [4.69, 9.17) is 4.74 Å².